The van der Waals surface area contributed by atoms with Crippen LogP contribution in [0.2, 0.25) is 0 Å². The molecule has 3 rings (SSSR count). The first-order valence-electron chi connectivity index (χ1n) is 7.42. The molecule has 3 heteroatoms. The van der Waals surface area contributed by atoms with Crippen LogP contribution in [0.5, 0.6) is 5.75 Å². The number of rotatable bonds is 5. The van der Waals surface area contributed by atoms with E-state index in [1.54, 1.807) is 7.11 Å². The maximum atomic E-state index is 5.29. The standard InChI is InChI=1S/C18H22N2O/c1-20(12-14-5-3-8-17(11-14)21-2)13-16-7-4-6-15-9-10-19-18(15)16/h3-8,11,19H,9-10,12-13H2,1-2H3. The molecule has 0 atom stereocenters. The Morgan fingerprint density at radius 1 is 1.14 bits per heavy atom. The van der Waals surface area contributed by atoms with E-state index in [-0.39, 0.29) is 0 Å². The van der Waals surface area contributed by atoms with Crippen molar-refractivity contribution >= 4 is 5.69 Å². The Morgan fingerprint density at radius 2 is 2.00 bits per heavy atom. The summed E-state index contributed by atoms with van der Waals surface area (Å²) in [4.78, 5) is 2.34. The molecule has 2 aromatic carbocycles. The molecule has 0 spiro atoms. The summed E-state index contributed by atoms with van der Waals surface area (Å²) in [6.45, 7) is 2.93. The van der Waals surface area contributed by atoms with Crippen LogP contribution in [0.15, 0.2) is 42.5 Å². The van der Waals surface area contributed by atoms with Crippen molar-refractivity contribution in [3.63, 3.8) is 0 Å². The van der Waals surface area contributed by atoms with Gasteiger partial charge in [0.15, 0.2) is 0 Å². The highest BCUT2D eigenvalue weighted by Gasteiger charge is 2.14. The molecule has 1 aliphatic heterocycles. The summed E-state index contributed by atoms with van der Waals surface area (Å²) in [5.74, 6) is 0.920. The monoisotopic (exact) mass is 282 g/mol. The van der Waals surface area contributed by atoms with E-state index in [9.17, 15) is 0 Å². The number of benzene rings is 2. The number of ether oxygens (including phenoxy) is 1. The van der Waals surface area contributed by atoms with Gasteiger partial charge in [0.2, 0.25) is 0 Å². The molecular formula is C18H22N2O. The van der Waals surface area contributed by atoms with Gasteiger partial charge in [0, 0.05) is 25.3 Å². The molecular weight excluding hydrogens is 260 g/mol. The summed E-state index contributed by atoms with van der Waals surface area (Å²) in [5.41, 5.74) is 5.45. The van der Waals surface area contributed by atoms with Gasteiger partial charge in [-0.1, -0.05) is 30.3 Å². The highest BCUT2D eigenvalue weighted by Crippen LogP contribution is 2.27. The molecule has 0 saturated carbocycles. The minimum atomic E-state index is 0.918. The van der Waals surface area contributed by atoms with Gasteiger partial charge < -0.3 is 10.1 Å². The Bertz CT molecular complexity index is 624. The van der Waals surface area contributed by atoms with Crippen LogP contribution in [0.3, 0.4) is 0 Å². The topological polar surface area (TPSA) is 24.5 Å². The van der Waals surface area contributed by atoms with Crippen molar-refractivity contribution in [2.75, 3.05) is 26.0 Å². The number of fused-ring (bicyclic) bond motifs is 1. The molecule has 0 amide bonds. The second-order valence-electron chi connectivity index (χ2n) is 5.65. The summed E-state index contributed by atoms with van der Waals surface area (Å²) in [7, 11) is 3.87. The van der Waals surface area contributed by atoms with Crippen LogP contribution in [0.25, 0.3) is 0 Å². The Kier molecular flexibility index (Phi) is 4.11. The fraction of sp³-hybridized carbons (Fsp3) is 0.333. The maximum Gasteiger partial charge on any atom is 0.119 e. The molecule has 21 heavy (non-hydrogen) atoms. The largest absolute Gasteiger partial charge is 0.497 e. The predicted molar refractivity (Wildman–Crippen MR) is 86.8 cm³/mol. The van der Waals surface area contributed by atoms with Gasteiger partial charge in [-0.3, -0.25) is 4.90 Å². The Morgan fingerprint density at radius 3 is 2.86 bits per heavy atom. The van der Waals surface area contributed by atoms with E-state index >= 15 is 0 Å². The number of nitrogens with zero attached hydrogens (tertiary/aromatic N) is 1. The van der Waals surface area contributed by atoms with Crippen LogP contribution in [0.4, 0.5) is 5.69 Å². The number of hydrogen-bond acceptors (Lipinski definition) is 3. The van der Waals surface area contributed by atoms with Crippen molar-refractivity contribution in [3.05, 3.63) is 59.2 Å². The summed E-state index contributed by atoms with van der Waals surface area (Å²) in [6, 6.07) is 14.9. The lowest BCUT2D eigenvalue weighted by atomic mass is 10.1. The van der Waals surface area contributed by atoms with Crippen molar-refractivity contribution in [1.29, 1.82) is 0 Å². The molecule has 110 valence electrons. The molecule has 0 unspecified atom stereocenters. The van der Waals surface area contributed by atoms with E-state index in [2.05, 4.69) is 47.6 Å². The van der Waals surface area contributed by atoms with Crippen LogP contribution < -0.4 is 10.1 Å². The fourth-order valence-corrected chi connectivity index (χ4v) is 2.97. The van der Waals surface area contributed by atoms with Crippen molar-refractivity contribution in [2.45, 2.75) is 19.5 Å². The highest BCUT2D eigenvalue weighted by atomic mass is 16.5. The zero-order valence-corrected chi connectivity index (χ0v) is 12.7. The van der Waals surface area contributed by atoms with Crippen molar-refractivity contribution in [1.82, 2.24) is 4.90 Å². The van der Waals surface area contributed by atoms with Gasteiger partial charge in [-0.2, -0.15) is 0 Å². The molecule has 0 saturated heterocycles. The number of nitrogens with one attached hydrogen (secondary N) is 1. The molecule has 0 aromatic heterocycles. The van der Waals surface area contributed by atoms with Crippen molar-refractivity contribution in [2.24, 2.45) is 0 Å². The van der Waals surface area contributed by atoms with Gasteiger partial charge in [-0.25, -0.2) is 0 Å². The van der Waals surface area contributed by atoms with Gasteiger partial charge in [0.1, 0.15) is 5.75 Å². The van der Waals surface area contributed by atoms with Crippen molar-refractivity contribution < 1.29 is 4.74 Å². The third-order valence-electron chi connectivity index (χ3n) is 3.96. The van der Waals surface area contributed by atoms with E-state index in [0.29, 0.717) is 0 Å². The normalized spacial score (nSPS) is 13.1. The Labute approximate surface area is 126 Å². The van der Waals surface area contributed by atoms with E-state index in [4.69, 9.17) is 4.74 Å². The first-order chi connectivity index (χ1) is 10.3. The van der Waals surface area contributed by atoms with Gasteiger partial charge >= 0.3 is 0 Å². The van der Waals surface area contributed by atoms with Gasteiger partial charge in [0.05, 0.1) is 7.11 Å². The number of methoxy groups -OCH3 is 1. The molecule has 0 radical (unpaired) electrons. The minimum Gasteiger partial charge on any atom is -0.497 e. The number of para-hydroxylation sites is 1. The van der Waals surface area contributed by atoms with Gasteiger partial charge in [-0.05, 0) is 42.3 Å². The van der Waals surface area contributed by atoms with E-state index < -0.39 is 0 Å². The third-order valence-corrected chi connectivity index (χ3v) is 3.96. The average molecular weight is 282 g/mol. The molecule has 2 aromatic rings. The summed E-state index contributed by atoms with van der Waals surface area (Å²) in [5, 5.41) is 3.51. The number of anilines is 1. The van der Waals surface area contributed by atoms with Gasteiger partial charge in [-0.15, -0.1) is 0 Å². The lowest BCUT2D eigenvalue weighted by molar-refractivity contribution is 0.318. The molecule has 0 bridgehead atoms. The second-order valence-corrected chi connectivity index (χ2v) is 5.65. The van der Waals surface area contributed by atoms with Crippen molar-refractivity contribution in [3.8, 4) is 5.75 Å². The van der Waals surface area contributed by atoms with Crippen LogP contribution in [-0.2, 0) is 19.5 Å². The minimum absolute atomic E-state index is 0.918. The van der Waals surface area contributed by atoms with E-state index in [1.165, 1.54) is 22.4 Å². The quantitative estimate of drug-likeness (QED) is 0.910. The summed E-state index contributed by atoms with van der Waals surface area (Å²) in [6.07, 6.45) is 1.14. The lowest BCUT2D eigenvalue weighted by Gasteiger charge is -2.19. The molecule has 3 nitrogen and oxygen atoms in total. The lowest BCUT2D eigenvalue weighted by Crippen LogP contribution is -2.18. The van der Waals surface area contributed by atoms with Crippen LogP contribution in [0.1, 0.15) is 16.7 Å². The van der Waals surface area contributed by atoms with Gasteiger partial charge in [0.25, 0.3) is 0 Å². The first kappa shape index (κ1) is 14.0. The summed E-state index contributed by atoms with van der Waals surface area (Å²) >= 11 is 0. The summed E-state index contributed by atoms with van der Waals surface area (Å²) < 4.78 is 5.29. The zero-order chi connectivity index (χ0) is 14.7. The molecule has 1 aliphatic rings. The average Bonchev–Trinajstić information content (AvgIpc) is 2.97. The molecule has 0 fully saturated rings. The number of hydrogen-bond donors (Lipinski definition) is 1. The highest BCUT2D eigenvalue weighted by molar-refractivity contribution is 5.61. The predicted octanol–water partition coefficient (Wildman–Crippen LogP) is 3.30. The first-order valence-corrected chi connectivity index (χ1v) is 7.42. The Balaban J connectivity index is 1.69. The SMILES string of the molecule is COc1cccc(CN(C)Cc2cccc3c2NCC3)c1. The third kappa shape index (κ3) is 3.19. The fourth-order valence-electron chi connectivity index (χ4n) is 2.97. The molecule has 1 heterocycles. The second kappa shape index (κ2) is 6.19. The van der Waals surface area contributed by atoms with Crippen LogP contribution >= 0.6 is 0 Å². The smallest absolute Gasteiger partial charge is 0.119 e. The molecule has 1 N–H and O–H groups in total. The van der Waals surface area contributed by atoms with Crippen LogP contribution in [0, 0.1) is 0 Å². The molecule has 0 aliphatic carbocycles. The van der Waals surface area contributed by atoms with E-state index in [0.717, 1.165) is 31.8 Å². The van der Waals surface area contributed by atoms with Crippen LogP contribution in [-0.4, -0.2) is 25.6 Å². The van der Waals surface area contributed by atoms with E-state index in [1.807, 2.05) is 12.1 Å². The Hall–Kier alpha value is -2.00. The zero-order valence-electron chi connectivity index (χ0n) is 12.7. The maximum absolute atomic E-state index is 5.29.